The molecule has 1 aromatic carbocycles. The summed E-state index contributed by atoms with van der Waals surface area (Å²) in [6.45, 7) is 7.00. The first kappa shape index (κ1) is 17.7. The zero-order chi connectivity index (χ0) is 18.2. The van der Waals surface area contributed by atoms with E-state index in [4.69, 9.17) is 0 Å². The largest absolute Gasteiger partial charge is 0.362 e. The summed E-state index contributed by atoms with van der Waals surface area (Å²) in [5.41, 5.74) is 3.19. The first-order valence-electron chi connectivity index (χ1n) is 8.32. The molecule has 1 amide bonds. The number of carbonyl (C=O) groups excluding carboxylic acids is 1. The zero-order valence-electron chi connectivity index (χ0n) is 14.7. The number of piperazine rings is 1. The number of aryl methyl sites for hydroxylation is 3. The molecule has 1 fully saturated rings. The molecule has 0 radical (unpaired) electrons. The Kier molecular flexibility index (Phi) is 4.71. The highest BCUT2D eigenvalue weighted by atomic mass is 32.2. The lowest BCUT2D eigenvalue weighted by atomic mass is 10.2. The normalized spacial score (nSPS) is 16.2. The molecule has 0 unspecified atom stereocenters. The Morgan fingerprint density at radius 2 is 1.68 bits per heavy atom. The quantitative estimate of drug-likeness (QED) is 0.910. The van der Waals surface area contributed by atoms with Gasteiger partial charge in [0, 0.05) is 37.6 Å². The molecule has 2 heterocycles. The number of aromatic nitrogens is 1. The fourth-order valence-electron chi connectivity index (χ4n) is 3.23. The summed E-state index contributed by atoms with van der Waals surface area (Å²) >= 11 is 0. The average molecular weight is 361 g/mol. The summed E-state index contributed by atoms with van der Waals surface area (Å²) in [7, 11) is -3.52. The Hall–Kier alpha value is -2.12. The van der Waals surface area contributed by atoms with Crippen LogP contribution in [0, 0.1) is 20.8 Å². The van der Waals surface area contributed by atoms with Gasteiger partial charge in [0.1, 0.15) is 0 Å². The second kappa shape index (κ2) is 6.65. The van der Waals surface area contributed by atoms with Crippen molar-refractivity contribution in [2.24, 2.45) is 0 Å². The van der Waals surface area contributed by atoms with Crippen molar-refractivity contribution in [3.05, 3.63) is 52.8 Å². The van der Waals surface area contributed by atoms with Crippen molar-refractivity contribution in [3.8, 4) is 0 Å². The van der Waals surface area contributed by atoms with Gasteiger partial charge >= 0.3 is 0 Å². The first-order chi connectivity index (χ1) is 11.8. The summed E-state index contributed by atoms with van der Waals surface area (Å²) in [6.07, 6.45) is 0. The monoisotopic (exact) mass is 361 g/mol. The summed E-state index contributed by atoms with van der Waals surface area (Å²) in [6, 6.07) is 8.83. The molecule has 0 spiro atoms. The molecule has 1 saturated heterocycles. The Morgan fingerprint density at radius 1 is 1.04 bits per heavy atom. The van der Waals surface area contributed by atoms with Gasteiger partial charge < -0.3 is 9.88 Å². The van der Waals surface area contributed by atoms with E-state index in [0.29, 0.717) is 36.6 Å². The van der Waals surface area contributed by atoms with E-state index in [-0.39, 0.29) is 5.91 Å². The van der Waals surface area contributed by atoms with E-state index in [0.717, 1.165) is 17.0 Å². The molecule has 134 valence electrons. The lowest BCUT2D eigenvalue weighted by Crippen LogP contribution is -2.50. The Labute approximate surface area is 148 Å². The number of amides is 1. The minimum Gasteiger partial charge on any atom is -0.362 e. The molecule has 1 N–H and O–H groups in total. The molecule has 0 bridgehead atoms. The maximum Gasteiger partial charge on any atom is 0.255 e. The summed E-state index contributed by atoms with van der Waals surface area (Å²) in [5, 5.41) is 0. The van der Waals surface area contributed by atoms with Gasteiger partial charge in [-0.15, -0.1) is 0 Å². The molecule has 25 heavy (non-hydrogen) atoms. The Bertz CT molecular complexity index is 894. The van der Waals surface area contributed by atoms with Crippen molar-refractivity contribution in [2.75, 3.05) is 26.2 Å². The van der Waals surface area contributed by atoms with E-state index in [1.807, 2.05) is 26.0 Å². The number of benzene rings is 1. The number of nitrogens with zero attached hydrogens (tertiary/aromatic N) is 2. The van der Waals surface area contributed by atoms with Gasteiger partial charge in [-0.1, -0.05) is 18.2 Å². The third-order valence-corrected chi connectivity index (χ3v) is 6.68. The fourth-order valence-corrected chi connectivity index (χ4v) is 4.88. The molecular weight excluding hydrogens is 338 g/mol. The average Bonchev–Trinajstić information content (AvgIpc) is 2.93. The predicted molar refractivity (Wildman–Crippen MR) is 96.1 cm³/mol. The summed E-state index contributed by atoms with van der Waals surface area (Å²) in [4.78, 5) is 17.8. The van der Waals surface area contributed by atoms with Gasteiger partial charge in [0.25, 0.3) is 5.91 Å². The van der Waals surface area contributed by atoms with Crippen LogP contribution in [0.1, 0.15) is 27.3 Å². The molecule has 2 aromatic rings. The van der Waals surface area contributed by atoms with Gasteiger partial charge in [0.05, 0.1) is 10.5 Å². The topological polar surface area (TPSA) is 73.5 Å². The van der Waals surface area contributed by atoms with Gasteiger partial charge in [-0.3, -0.25) is 4.79 Å². The standard InChI is InChI=1S/C18H23N3O3S/c1-13-6-4-5-7-17(13)25(23,24)21-10-8-20(9-11-21)18(22)16-12-14(2)19-15(16)3/h4-7,12,19H,8-11H2,1-3H3. The number of hydrogen-bond acceptors (Lipinski definition) is 3. The van der Waals surface area contributed by atoms with Gasteiger partial charge in [0.2, 0.25) is 10.0 Å². The van der Waals surface area contributed by atoms with Crippen LogP contribution in [-0.2, 0) is 10.0 Å². The van der Waals surface area contributed by atoms with Crippen molar-refractivity contribution in [2.45, 2.75) is 25.7 Å². The molecule has 1 aromatic heterocycles. The molecule has 0 saturated carbocycles. The van der Waals surface area contributed by atoms with Crippen molar-refractivity contribution >= 4 is 15.9 Å². The van der Waals surface area contributed by atoms with Crippen LogP contribution in [0.5, 0.6) is 0 Å². The lowest BCUT2D eigenvalue weighted by Gasteiger charge is -2.34. The van der Waals surface area contributed by atoms with Crippen molar-refractivity contribution in [1.82, 2.24) is 14.2 Å². The number of sulfonamides is 1. The lowest BCUT2D eigenvalue weighted by molar-refractivity contribution is 0.0697. The second-order valence-electron chi connectivity index (χ2n) is 6.45. The van der Waals surface area contributed by atoms with Gasteiger partial charge in [0.15, 0.2) is 0 Å². The highest BCUT2D eigenvalue weighted by molar-refractivity contribution is 7.89. The van der Waals surface area contributed by atoms with Crippen LogP contribution in [0.2, 0.25) is 0 Å². The minimum atomic E-state index is -3.52. The molecule has 0 aliphatic carbocycles. The molecule has 0 atom stereocenters. The van der Waals surface area contributed by atoms with Gasteiger partial charge in [-0.2, -0.15) is 4.31 Å². The van der Waals surface area contributed by atoms with Crippen LogP contribution < -0.4 is 0 Å². The number of H-pyrrole nitrogens is 1. The highest BCUT2D eigenvalue weighted by Gasteiger charge is 2.31. The molecular formula is C18H23N3O3S. The third kappa shape index (κ3) is 3.34. The fraction of sp³-hybridized carbons (Fsp3) is 0.389. The van der Waals surface area contributed by atoms with E-state index >= 15 is 0 Å². The maximum atomic E-state index is 12.8. The number of carbonyl (C=O) groups is 1. The van der Waals surface area contributed by atoms with Gasteiger partial charge in [-0.05, 0) is 38.5 Å². The summed E-state index contributed by atoms with van der Waals surface area (Å²) < 4.78 is 27.1. The number of aromatic amines is 1. The highest BCUT2D eigenvalue weighted by Crippen LogP contribution is 2.22. The maximum absolute atomic E-state index is 12.8. The van der Waals surface area contributed by atoms with Crippen molar-refractivity contribution in [3.63, 3.8) is 0 Å². The number of hydrogen-bond donors (Lipinski definition) is 1. The molecule has 6 nitrogen and oxygen atoms in total. The second-order valence-corrected chi connectivity index (χ2v) is 8.36. The van der Waals surface area contributed by atoms with Crippen LogP contribution in [0.25, 0.3) is 0 Å². The molecule has 1 aliphatic heterocycles. The predicted octanol–water partition coefficient (Wildman–Crippen LogP) is 2.09. The number of rotatable bonds is 3. The van der Waals surface area contributed by atoms with E-state index in [9.17, 15) is 13.2 Å². The van der Waals surface area contributed by atoms with E-state index in [1.165, 1.54) is 4.31 Å². The van der Waals surface area contributed by atoms with Crippen LogP contribution in [-0.4, -0.2) is 54.7 Å². The van der Waals surface area contributed by atoms with E-state index < -0.39 is 10.0 Å². The van der Waals surface area contributed by atoms with E-state index in [2.05, 4.69) is 4.98 Å². The molecule has 3 rings (SSSR count). The SMILES string of the molecule is Cc1cc(C(=O)N2CCN(S(=O)(=O)c3ccccc3C)CC2)c(C)[nH]1. The first-order valence-corrected chi connectivity index (χ1v) is 9.76. The third-order valence-electron chi connectivity index (χ3n) is 4.62. The Balaban J connectivity index is 1.73. The van der Waals surface area contributed by atoms with Gasteiger partial charge in [-0.25, -0.2) is 8.42 Å². The van der Waals surface area contributed by atoms with Crippen LogP contribution in [0.15, 0.2) is 35.2 Å². The van der Waals surface area contributed by atoms with Crippen molar-refractivity contribution in [1.29, 1.82) is 0 Å². The van der Waals surface area contributed by atoms with Crippen LogP contribution in [0.3, 0.4) is 0 Å². The molecule has 1 aliphatic rings. The van der Waals surface area contributed by atoms with Crippen molar-refractivity contribution < 1.29 is 13.2 Å². The zero-order valence-corrected chi connectivity index (χ0v) is 15.6. The van der Waals surface area contributed by atoms with E-state index in [1.54, 1.807) is 30.0 Å². The summed E-state index contributed by atoms with van der Waals surface area (Å²) in [5.74, 6) is -0.0465. The smallest absolute Gasteiger partial charge is 0.255 e. The van der Waals surface area contributed by atoms with Crippen LogP contribution in [0.4, 0.5) is 0 Å². The van der Waals surface area contributed by atoms with Crippen LogP contribution >= 0.6 is 0 Å². The number of nitrogens with one attached hydrogen (secondary N) is 1. The minimum absolute atomic E-state index is 0.0465. The molecule has 7 heteroatoms. The Morgan fingerprint density at radius 3 is 2.24 bits per heavy atom.